The molecule has 0 radical (unpaired) electrons. The Labute approximate surface area is 150 Å². The molecule has 1 aromatic heterocycles. The summed E-state index contributed by atoms with van der Waals surface area (Å²) in [6.07, 6.45) is 2.62. The van der Waals surface area contributed by atoms with Gasteiger partial charge in [0.05, 0.1) is 22.8 Å². The summed E-state index contributed by atoms with van der Waals surface area (Å²) in [6.45, 7) is 4.75. The molecule has 1 N–H and O–H groups in total. The Balaban J connectivity index is 1.36. The maximum absolute atomic E-state index is 6.42. The van der Waals surface area contributed by atoms with E-state index in [1.807, 2.05) is 18.2 Å². The van der Waals surface area contributed by atoms with E-state index in [1.54, 1.807) is 11.3 Å². The minimum absolute atomic E-state index is 0.0467. The molecule has 2 aromatic rings. The number of thiazole rings is 1. The fourth-order valence-corrected chi connectivity index (χ4v) is 5.16. The van der Waals surface area contributed by atoms with Crippen molar-refractivity contribution in [2.45, 2.75) is 18.4 Å². The number of nitrogens with zero attached hydrogens (tertiary/aromatic N) is 3. The van der Waals surface area contributed by atoms with Crippen LogP contribution in [0.1, 0.15) is 12.8 Å². The molecule has 126 valence electrons. The van der Waals surface area contributed by atoms with Gasteiger partial charge in [-0.2, -0.15) is 0 Å². The van der Waals surface area contributed by atoms with Gasteiger partial charge in [0.25, 0.3) is 6.02 Å². The molecule has 3 saturated heterocycles. The molecule has 5 heterocycles. The van der Waals surface area contributed by atoms with Crippen molar-refractivity contribution in [2.75, 3.05) is 31.5 Å². The molecule has 2 bridgehead atoms. The third-order valence-electron chi connectivity index (χ3n) is 5.20. The van der Waals surface area contributed by atoms with Crippen molar-refractivity contribution in [2.24, 2.45) is 10.9 Å². The molecule has 4 aliphatic rings. The quantitative estimate of drug-likeness (QED) is 0.789. The third-order valence-corrected chi connectivity index (χ3v) is 6.44. The Hall–Kier alpha value is -1.31. The number of anilines is 1. The largest absolute Gasteiger partial charge is 0.519 e. The molecule has 1 unspecified atom stereocenters. The number of piperidine rings is 3. The van der Waals surface area contributed by atoms with Crippen LogP contribution in [0.25, 0.3) is 10.2 Å². The SMILES string of the molecule is [BH3-][N+]12CCC(CC1)C1(CN=C(Nc3nc4c(Cl)cccc4s3)O1)C2. The molecule has 24 heavy (non-hydrogen) atoms. The lowest BCUT2D eigenvalue weighted by atomic mass is 9.72. The Morgan fingerprint density at radius 3 is 2.96 bits per heavy atom. The van der Waals surface area contributed by atoms with Crippen LogP contribution in [0, 0.1) is 5.92 Å². The molecule has 1 atom stereocenters. The van der Waals surface area contributed by atoms with Crippen LogP contribution in [-0.2, 0) is 4.74 Å². The fraction of sp³-hybridized carbons (Fsp3) is 0.500. The zero-order chi connectivity index (χ0) is 16.4. The Bertz CT molecular complexity index is 848. The van der Waals surface area contributed by atoms with E-state index in [4.69, 9.17) is 16.3 Å². The number of benzene rings is 1. The summed E-state index contributed by atoms with van der Waals surface area (Å²) in [5, 5.41) is 4.78. The summed E-state index contributed by atoms with van der Waals surface area (Å²) in [7, 11) is 0.284. The van der Waals surface area contributed by atoms with Crippen LogP contribution in [0.3, 0.4) is 0 Å². The third kappa shape index (κ3) is 2.25. The maximum Gasteiger partial charge on any atom is 0.292 e. The van der Waals surface area contributed by atoms with Crippen molar-refractivity contribution in [3.8, 4) is 0 Å². The Kier molecular flexibility index (Phi) is 3.18. The van der Waals surface area contributed by atoms with Gasteiger partial charge < -0.3 is 9.13 Å². The molecule has 6 rings (SSSR count). The highest BCUT2D eigenvalue weighted by Crippen LogP contribution is 2.43. The second-order valence-corrected chi connectivity index (χ2v) is 8.01. The number of quaternary nitrogens is 1. The number of fused-ring (bicyclic) bond motifs is 3. The molecule has 1 aromatic carbocycles. The number of hydrogen-bond donors (Lipinski definition) is 1. The van der Waals surface area contributed by atoms with E-state index < -0.39 is 0 Å². The molecule has 0 aliphatic carbocycles. The van der Waals surface area contributed by atoms with E-state index >= 15 is 0 Å². The summed E-state index contributed by atoms with van der Waals surface area (Å²) in [6, 6.07) is 6.51. The number of aliphatic imine (C=N–C) groups is 1. The van der Waals surface area contributed by atoms with Gasteiger partial charge in [0.1, 0.15) is 5.52 Å². The van der Waals surface area contributed by atoms with Crippen LogP contribution in [-0.4, -0.2) is 55.2 Å². The predicted octanol–water partition coefficient (Wildman–Crippen LogP) is 2.01. The monoisotopic (exact) mass is 362 g/mol. The molecule has 0 saturated carbocycles. The van der Waals surface area contributed by atoms with Crippen molar-refractivity contribution < 1.29 is 9.13 Å². The van der Waals surface area contributed by atoms with Gasteiger partial charge in [-0.3, -0.25) is 5.32 Å². The zero-order valence-corrected chi connectivity index (χ0v) is 14.2. The lowest BCUT2D eigenvalue weighted by molar-refractivity contribution is -0.845. The maximum atomic E-state index is 6.42. The minimum atomic E-state index is -0.0467. The van der Waals surface area contributed by atoms with Gasteiger partial charge in [0, 0.05) is 19.0 Å². The molecule has 4 aliphatic heterocycles. The van der Waals surface area contributed by atoms with Crippen molar-refractivity contribution in [1.29, 1.82) is 0 Å². The summed E-state index contributed by atoms with van der Waals surface area (Å²) < 4.78 is 8.87. The average molecular weight is 363 g/mol. The first-order valence-corrected chi connectivity index (χ1v) is 9.19. The van der Waals surface area contributed by atoms with Crippen molar-refractivity contribution in [1.82, 2.24) is 4.98 Å². The second kappa shape index (κ2) is 5.10. The molecule has 5 nitrogen and oxygen atoms in total. The topological polar surface area (TPSA) is 46.5 Å². The van der Waals surface area contributed by atoms with Crippen LogP contribution >= 0.6 is 22.9 Å². The number of aromatic nitrogens is 1. The second-order valence-electron chi connectivity index (χ2n) is 6.57. The minimum Gasteiger partial charge on any atom is -0.519 e. The highest BCUT2D eigenvalue weighted by atomic mass is 35.5. The van der Waals surface area contributed by atoms with Gasteiger partial charge in [-0.15, -0.1) is 0 Å². The number of rotatable bonds is 1. The molecule has 8 heteroatoms. The summed E-state index contributed by atoms with van der Waals surface area (Å²) in [4.78, 5) is 9.28. The van der Waals surface area contributed by atoms with Crippen molar-refractivity contribution in [3.63, 3.8) is 0 Å². The number of halogens is 1. The standard InChI is InChI=1S/C16H20BClN4OS/c17-22-6-4-10(5-7-22)16(9-22)8-19-14(23-16)21-15-20-13-11(18)2-1-3-12(13)24-15/h1-3,10H,4-9H2,17H3,(H,19,20,21). The number of hydrogen-bond acceptors (Lipinski definition) is 5. The normalized spacial score (nSPS) is 34.6. The van der Waals surface area contributed by atoms with E-state index in [1.165, 1.54) is 36.9 Å². The number of nitrogens with one attached hydrogen (secondary N) is 1. The highest BCUT2D eigenvalue weighted by Gasteiger charge is 2.55. The van der Waals surface area contributed by atoms with E-state index in [9.17, 15) is 0 Å². The lowest BCUT2D eigenvalue weighted by Crippen LogP contribution is -2.69. The summed E-state index contributed by atoms with van der Waals surface area (Å²) >= 11 is 7.81. The van der Waals surface area contributed by atoms with Crippen LogP contribution < -0.4 is 5.32 Å². The molecular formula is C16H20BClN4OS. The van der Waals surface area contributed by atoms with E-state index in [2.05, 4.69) is 15.3 Å². The van der Waals surface area contributed by atoms with Crippen molar-refractivity contribution in [3.05, 3.63) is 23.2 Å². The molecular weight excluding hydrogens is 343 g/mol. The Morgan fingerprint density at radius 2 is 2.21 bits per heavy atom. The lowest BCUT2D eigenvalue weighted by Gasteiger charge is -2.60. The number of amidine groups is 1. The summed E-state index contributed by atoms with van der Waals surface area (Å²) in [5.41, 5.74) is 0.797. The first-order valence-electron chi connectivity index (χ1n) is 8.00. The van der Waals surface area contributed by atoms with Crippen molar-refractivity contribution >= 4 is 52.3 Å². The predicted molar refractivity (Wildman–Crippen MR) is 102 cm³/mol. The number of ether oxygens (including phenoxy) is 1. The smallest absolute Gasteiger partial charge is 0.292 e. The zero-order valence-electron chi connectivity index (χ0n) is 12.6. The van der Waals surface area contributed by atoms with Gasteiger partial charge in [-0.1, -0.05) is 29.0 Å². The number of para-hydroxylation sites is 1. The van der Waals surface area contributed by atoms with Gasteiger partial charge >= 0.3 is 0 Å². The molecule has 1 spiro atoms. The van der Waals surface area contributed by atoms with E-state index in [-0.39, 0.29) is 13.6 Å². The van der Waals surface area contributed by atoms with Gasteiger partial charge in [0.2, 0.25) is 0 Å². The summed E-state index contributed by atoms with van der Waals surface area (Å²) in [5.74, 6) is 0.670. The average Bonchev–Trinajstić information content (AvgIpc) is 3.13. The first kappa shape index (κ1) is 15.0. The Morgan fingerprint density at radius 1 is 1.38 bits per heavy atom. The van der Waals surface area contributed by atoms with E-state index in [0.29, 0.717) is 17.0 Å². The molecule has 3 fully saturated rings. The van der Waals surface area contributed by atoms with Crippen LogP contribution in [0.5, 0.6) is 0 Å². The van der Waals surface area contributed by atoms with E-state index in [0.717, 1.165) is 21.9 Å². The van der Waals surface area contributed by atoms with Gasteiger partial charge in [0.15, 0.2) is 18.7 Å². The van der Waals surface area contributed by atoms with Gasteiger partial charge in [-0.25, -0.2) is 9.98 Å². The molecule has 0 amide bonds. The van der Waals surface area contributed by atoms with Crippen LogP contribution in [0.2, 0.25) is 5.02 Å². The fourth-order valence-electron chi connectivity index (χ4n) is 4.01. The highest BCUT2D eigenvalue weighted by molar-refractivity contribution is 7.22. The van der Waals surface area contributed by atoms with Crippen LogP contribution in [0.15, 0.2) is 23.2 Å². The van der Waals surface area contributed by atoms with Gasteiger partial charge in [-0.05, 0) is 25.0 Å². The van der Waals surface area contributed by atoms with Crippen LogP contribution in [0.4, 0.5) is 5.13 Å². The first-order chi connectivity index (χ1) is 11.6.